The number of carbonyl (C=O) groups is 1. The number of hydrogen-bond acceptors (Lipinski definition) is 2. The second-order valence-corrected chi connectivity index (χ2v) is 3.42. The van der Waals surface area contributed by atoms with Gasteiger partial charge >= 0.3 is 0 Å². The highest BCUT2D eigenvalue weighted by Gasteiger charge is 2.10. The Morgan fingerprint density at radius 1 is 1.46 bits per heavy atom. The van der Waals surface area contributed by atoms with Crippen LogP contribution in [-0.2, 0) is 0 Å². The minimum Gasteiger partial charge on any atom is -0.366 e. The zero-order valence-corrected chi connectivity index (χ0v) is 8.16. The van der Waals surface area contributed by atoms with Gasteiger partial charge in [-0.2, -0.15) is 0 Å². The maximum atomic E-state index is 11.0. The van der Waals surface area contributed by atoms with E-state index in [0.717, 1.165) is 11.1 Å². The molecule has 0 radical (unpaired) electrons. The normalized spacial score (nSPS) is 10.5. The van der Waals surface area contributed by atoms with Crippen LogP contribution in [0.5, 0.6) is 0 Å². The predicted octanol–water partition coefficient (Wildman–Crippen LogP) is 1.61. The van der Waals surface area contributed by atoms with Gasteiger partial charge in [-0.05, 0) is 24.0 Å². The Morgan fingerprint density at radius 3 is 2.54 bits per heavy atom. The molecule has 0 saturated heterocycles. The summed E-state index contributed by atoms with van der Waals surface area (Å²) in [4.78, 5) is 15.0. The van der Waals surface area contributed by atoms with E-state index in [4.69, 9.17) is 5.73 Å². The first-order valence-corrected chi connectivity index (χ1v) is 4.28. The average molecular weight is 178 g/mol. The van der Waals surface area contributed by atoms with Crippen molar-refractivity contribution in [2.75, 3.05) is 0 Å². The van der Waals surface area contributed by atoms with Crippen molar-refractivity contribution < 1.29 is 4.79 Å². The highest BCUT2D eigenvalue weighted by atomic mass is 16.1. The van der Waals surface area contributed by atoms with Crippen LogP contribution in [0.25, 0.3) is 0 Å². The van der Waals surface area contributed by atoms with Crippen molar-refractivity contribution >= 4 is 5.91 Å². The molecule has 70 valence electrons. The first kappa shape index (κ1) is 9.71. The van der Waals surface area contributed by atoms with Crippen molar-refractivity contribution in [2.24, 2.45) is 5.73 Å². The van der Waals surface area contributed by atoms with Gasteiger partial charge in [-0.1, -0.05) is 13.8 Å². The van der Waals surface area contributed by atoms with Crippen LogP contribution in [0.4, 0.5) is 0 Å². The van der Waals surface area contributed by atoms with Gasteiger partial charge in [0.15, 0.2) is 0 Å². The zero-order valence-electron chi connectivity index (χ0n) is 8.16. The van der Waals surface area contributed by atoms with E-state index in [9.17, 15) is 4.79 Å². The van der Waals surface area contributed by atoms with E-state index in [-0.39, 0.29) is 0 Å². The predicted molar refractivity (Wildman–Crippen MR) is 51.6 cm³/mol. The smallest absolute Gasteiger partial charge is 0.250 e. The first-order chi connectivity index (χ1) is 6.04. The molecule has 0 aliphatic carbocycles. The minimum absolute atomic E-state index is 0.367. The third kappa shape index (κ3) is 1.86. The number of hydrogen-bond donors (Lipinski definition) is 1. The Labute approximate surface area is 78.0 Å². The molecule has 0 aliphatic heterocycles. The molecule has 1 aromatic rings. The van der Waals surface area contributed by atoms with Crippen molar-refractivity contribution in [3.63, 3.8) is 0 Å². The molecule has 2 N–H and O–H groups in total. The van der Waals surface area contributed by atoms with Crippen molar-refractivity contribution in [1.82, 2.24) is 4.98 Å². The highest BCUT2D eigenvalue weighted by Crippen LogP contribution is 2.19. The summed E-state index contributed by atoms with van der Waals surface area (Å²) < 4.78 is 0. The number of aromatic nitrogens is 1. The molecule has 3 nitrogen and oxygen atoms in total. The van der Waals surface area contributed by atoms with Gasteiger partial charge in [-0.15, -0.1) is 0 Å². The lowest BCUT2D eigenvalue weighted by atomic mass is 9.97. The molecule has 0 spiro atoms. The van der Waals surface area contributed by atoms with Crippen LogP contribution in [0, 0.1) is 6.92 Å². The van der Waals surface area contributed by atoms with E-state index in [1.807, 2.05) is 6.92 Å². The molecular weight excluding hydrogens is 164 g/mol. The second kappa shape index (κ2) is 3.56. The number of nitrogens with two attached hydrogens (primary N) is 1. The van der Waals surface area contributed by atoms with Crippen LogP contribution in [0.3, 0.4) is 0 Å². The van der Waals surface area contributed by atoms with E-state index >= 15 is 0 Å². The lowest BCUT2D eigenvalue weighted by Gasteiger charge is -2.10. The maximum Gasteiger partial charge on any atom is 0.250 e. The summed E-state index contributed by atoms with van der Waals surface area (Å²) in [5.41, 5.74) is 7.75. The summed E-state index contributed by atoms with van der Waals surface area (Å²) in [6, 6.07) is 0. The average Bonchev–Trinajstić information content (AvgIpc) is 2.03. The Morgan fingerprint density at radius 2 is 2.08 bits per heavy atom. The molecule has 1 aromatic heterocycles. The zero-order chi connectivity index (χ0) is 10.0. The molecular formula is C10H14N2O. The van der Waals surface area contributed by atoms with Crippen LogP contribution in [-0.4, -0.2) is 10.9 Å². The summed E-state index contributed by atoms with van der Waals surface area (Å²) in [7, 11) is 0. The number of primary amides is 1. The van der Waals surface area contributed by atoms with Gasteiger partial charge < -0.3 is 5.73 Å². The number of rotatable bonds is 2. The number of amides is 1. The third-order valence-electron chi connectivity index (χ3n) is 2.14. The lowest BCUT2D eigenvalue weighted by molar-refractivity contribution is 0.0999. The van der Waals surface area contributed by atoms with Crippen LogP contribution >= 0.6 is 0 Å². The van der Waals surface area contributed by atoms with Gasteiger partial charge in [0.05, 0.1) is 5.56 Å². The Bertz CT molecular complexity index is 332. The summed E-state index contributed by atoms with van der Waals surface area (Å²) in [6.45, 7) is 6.03. The Hall–Kier alpha value is -1.38. The molecule has 3 heteroatoms. The fourth-order valence-electron chi connectivity index (χ4n) is 1.37. The van der Waals surface area contributed by atoms with Crippen LogP contribution in [0.2, 0.25) is 0 Å². The van der Waals surface area contributed by atoms with E-state index < -0.39 is 5.91 Å². The van der Waals surface area contributed by atoms with Gasteiger partial charge in [0.2, 0.25) is 0 Å². The molecule has 0 aliphatic rings. The molecule has 0 bridgehead atoms. The molecule has 0 aromatic carbocycles. The fourth-order valence-corrected chi connectivity index (χ4v) is 1.37. The summed E-state index contributed by atoms with van der Waals surface area (Å²) >= 11 is 0. The van der Waals surface area contributed by atoms with E-state index in [0.29, 0.717) is 11.5 Å². The van der Waals surface area contributed by atoms with E-state index in [2.05, 4.69) is 18.8 Å². The largest absolute Gasteiger partial charge is 0.366 e. The van der Waals surface area contributed by atoms with Crippen molar-refractivity contribution in [1.29, 1.82) is 0 Å². The SMILES string of the molecule is Cc1c(C(N)=O)cncc1C(C)C. The van der Waals surface area contributed by atoms with Gasteiger partial charge in [0, 0.05) is 12.4 Å². The van der Waals surface area contributed by atoms with Crippen molar-refractivity contribution in [3.8, 4) is 0 Å². The van der Waals surface area contributed by atoms with Crippen molar-refractivity contribution in [3.05, 3.63) is 29.1 Å². The topological polar surface area (TPSA) is 56.0 Å². The van der Waals surface area contributed by atoms with Crippen LogP contribution < -0.4 is 5.73 Å². The molecule has 0 fully saturated rings. The summed E-state index contributed by atoms with van der Waals surface area (Å²) in [6.07, 6.45) is 3.30. The van der Waals surface area contributed by atoms with Crippen molar-refractivity contribution in [2.45, 2.75) is 26.7 Å². The summed E-state index contributed by atoms with van der Waals surface area (Å²) in [5.74, 6) is -0.0423. The molecule has 0 atom stereocenters. The fraction of sp³-hybridized carbons (Fsp3) is 0.400. The van der Waals surface area contributed by atoms with Crippen LogP contribution in [0.15, 0.2) is 12.4 Å². The second-order valence-electron chi connectivity index (χ2n) is 3.42. The lowest BCUT2D eigenvalue weighted by Crippen LogP contribution is -2.14. The number of carbonyl (C=O) groups excluding carboxylic acids is 1. The molecule has 13 heavy (non-hydrogen) atoms. The number of nitrogens with zero attached hydrogens (tertiary/aromatic N) is 1. The van der Waals surface area contributed by atoms with Gasteiger partial charge in [0.1, 0.15) is 0 Å². The number of pyridine rings is 1. The molecule has 1 rings (SSSR count). The molecule has 1 amide bonds. The summed E-state index contributed by atoms with van der Waals surface area (Å²) in [5, 5.41) is 0. The Kier molecular flexibility index (Phi) is 2.66. The van der Waals surface area contributed by atoms with Gasteiger partial charge in [-0.3, -0.25) is 9.78 Å². The Balaban J connectivity index is 3.26. The molecule has 0 saturated carbocycles. The van der Waals surface area contributed by atoms with Gasteiger partial charge in [0.25, 0.3) is 5.91 Å². The molecule has 0 unspecified atom stereocenters. The van der Waals surface area contributed by atoms with Crippen LogP contribution in [0.1, 0.15) is 41.3 Å². The van der Waals surface area contributed by atoms with Gasteiger partial charge in [-0.25, -0.2) is 0 Å². The van der Waals surface area contributed by atoms with E-state index in [1.54, 1.807) is 6.20 Å². The minimum atomic E-state index is -0.410. The third-order valence-corrected chi connectivity index (χ3v) is 2.14. The quantitative estimate of drug-likeness (QED) is 0.748. The molecule has 1 heterocycles. The first-order valence-electron chi connectivity index (χ1n) is 4.28. The highest BCUT2D eigenvalue weighted by molar-refractivity contribution is 5.94. The monoisotopic (exact) mass is 178 g/mol. The van der Waals surface area contributed by atoms with E-state index in [1.165, 1.54) is 6.20 Å². The standard InChI is InChI=1S/C10H14N2O/c1-6(2)8-4-12-5-9(7(8)3)10(11)13/h4-6H,1-3H3,(H2,11,13). The maximum absolute atomic E-state index is 11.0.